The van der Waals surface area contributed by atoms with Crippen molar-refractivity contribution in [2.24, 2.45) is 0 Å². The van der Waals surface area contributed by atoms with E-state index in [9.17, 15) is 18.0 Å². The van der Waals surface area contributed by atoms with Gasteiger partial charge < -0.3 is 9.84 Å². The van der Waals surface area contributed by atoms with Crippen molar-refractivity contribution in [3.8, 4) is 5.69 Å². The fraction of sp³-hybridized carbons (Fsp3) is 0.150. The average Bonchev–Trinajstić information content (AvgIpc) is 3.24. The second-order valence-corrected chi connectivity index (χ2v) is 6.45. The molecule has 1 N–H and O–H groups in total. The molecule has 1 amide bonds. The van der Waals surface area contributed by atoms with E-state index in [4.69, 9.17) is 4.52 Å². The number of hydrogen-bond donors (Lipinski definition) is 1. The lowest BCUT2D eigenvalue weighted by Gasteiger charge is -2.15. The highest BCUT2D eigenvalue weighted by atomic mass is 19.4. The van der Waals surface area contributed by atoms with Crippen LogP contribution in [0.1, 0.15) is 17.0 Å². The Morgan fingerprint density at radius 1 is 1.14 bits per heavy atom. The van der Waals surface area contributed by atoms with Crippen LogP contribution in [0.25, 0.3) is 16.7 Å². The molecular formula is C20H15F3N4O2. The summed E-state index contributed by atoms with van der Waals surface area (Å²) in [6.45, 7) is 1.63. The predicted octanol–water partition coefficient (Wildman–Crippen LogP) is 4.52. The molecule has 29 heavy (non-hydrogen) atoms. The molecule has 2 heterocycles. The molecule has 0 spiro atoms. The Morgan fingerprint density at radius 3 is 2.66 bits per heavy atom. The number of aromatic nitrogens is 3. The molecule has 2 aromatic carbocycles. The van der Waals surface area contributed by atoms with Crippen molar-refractivity contribution in [1.82, 2.24) is 14.9 Å². The molecule has 6 nitrogen and oxygen atoms in total. The molecule has 0 radical (unpaired) electrons. The van der Waals surface area contributed by atoms with Crippen molar-refractivity contribution in [2.45, 2.75) is 19.5 Å². The first-order valence-electron chi connectivity index (χ1n) is 8.69. The number of carbonyl (C=O) groups excluding carboxylic acids is 1. The van der Waals surface area contributed by atoms with Crippen molar-refractivity contribution in [3.63, 3.8) is 0 Å². The topological polar surface area (TPSA) is 73.0 Å². The molecule has 0 aliphatic carbocycles. The molecule has 0 saturated carbocycles. The minimum atomic E-state index is -4.56. The lowest BCUT2D eigenvalue weighted by atomic mass is 10.1. The molecule has 0 aliphatic heterocycles. The van der Waals surface area contributed by atoms with Crippen LogP contribution in [0.15, 0.2) is 59.1 Å². The van der Waals surface area contributed by atoms with Gasteiger partial charge >= 0.3 is 6.18 Å². The Morgan fingerprint density at radius 2 is 1.86 bits per heavy atom. The zero-order valence-corrected chi connectivity index (χ0v) is 15.2. The van der Waals surface area contributed by atoms with Crippen molar-refractivity contribution in [1.29, 1.82) is 0 Å². The first-order valence-corrected chi connectivity index (χ1v) is 8.69. The fourth-order valence-corrected chi connectivity index (χ4v) is 3.07. The van der Waals surface area contributed by atoms with Gasteiger partial charge in [0.15, 0.2) is 5.58 Å². The van der Waals surface area contributed by atoms with Gasteiger partial charge in [-0.15, -0.1) is 0 Å². The van der Waals surface area contributed by atoms with E-state index in [0.717, 1.165) is 10.7 Å². The highest BCUT2D eigenvalue weighted by molar-refractivity contribution is 5.94. The minimum absolute atomic E-state index is 0.0951. The number of carbonyl (C=O) groups is 1. The van der Waals surface area contributed by atoms with Gasteiger partial charge in [-0.1, -0.05) is 29.4 Å². The summed E-state index contributed by atoms with van der Waals surface area (Å²) in [6, 6.07) is 13.7. The van der Waals surface area contributed by atoms with Crippen LogP contribution < -0.4 is 5.32 Å². The van der Waals surface area contributed by atoms with E-state index in [2.05, 4.69) is 15.6 Å². The number of halogens is 3. The van der Waals surface area contributed by atoms with E-state index < -0.39 is 17.6 Å². The predicted molar refractivity (Wildman–Crippen MR) is 99.6 cm³/mol. The lowest BCUT2D eigenvalue weighted by Crippen LogP contribution is -2.19. The number of anilines is 1. The maximum absolute atomic E-state index is 13.4. The normalized spacial score (nSPS) is 11.7. The number of nitrogens with zero attached hydrogens (tertiary/aromatic N) is 3. The van der Waals surface area contributed by atoms with Gasteiger partial charge in [-0.2, -0.15) is 18.3 Å². The molecule has 4 aromatic rings. The summed E-state index contributed by atoms with van der Waals surface area (Å²) >= 11 is 0. The summed E-state index contributed by atoms with van der Waals surface area (Å²) in [6.07, 6.45) is -4.65. The molecule has 148 valence electrons. The van der Waals surface area contributed by atoms with Crippen LogP contribution in [0.4, 0.5) is 19.0 Å². The molecule has 0 atom stereocenters. The van der Waals surface area contributed by atoms with Crippen LogP contribution in [0, 0.1) is 6.92 Å². The zero-order valence-electron chi connectivity index (χ0n) is 15.2. The third kappa shape index (κ3) is 3.71. The van der Waals surface area contributed by atoms with E-state index in [-0.39, 0.29) is 17.9 Å². The van der Waals surface area contributed by atoms with Crippen LogP contribution in [0.2, 0.25) is 0 Å². The number of amides is 1. The molecular weight excluding hydrogens is 385 g/mol. The first kappa shape index (κ1) is 18.7. The monoisotopic (exact) mass is 400 g/mol. The van der Waals surface area contributed by atoms with Crippen molar-refractivity contribution >= 4 is 22.7 Å². The van der Waals surface area contributed by atoms with Gasteiger partial charge in [-0.25, -0.2) is 4.68 Å². The van der Waals surface area contributed by atoms with Gasteiger partial charge in [-0.3, -0.25) is 4.79 Å². The van der Waals surface area contributed by atoms with E-state index >= 15 is 0 Å². The maximum Gasteiger partial charge on any atom is 0.418 e. The van der Waals surface area contributed by atoms with E-state index in [0.29, 0.717) is 22.4 Å². The number of alkyl halides is 3. The van der Waals surface area contributed by atoms with Crippen LogP contribution in [0.5, 0.6) is 0 Å². The summed E-state index contributed by atoms with van der Waals surface area (Å²) in [5.74, 6) is -0.313. The zero-order chi connectivity index (χ0) is 20.6. The number of fused-ring (bicyclic) bond motifs is 1. The highest BCUT2D eigenvalue weighted by Crippen LogP contribution is 2.34. The molecule has 2 aromatic heterocycles. The third-order valence-electron chi connectivity index (χ3n) is 4.32. The second-order valence-electron chi connectivity index (χ2n) is 6.45. The van der Waals surface area contributed by atoms with Crippen LogP contribution in [-0.4, -0.2) is 20.8 Å². The summed E-state index contributed by atoms with van der Waals surface area (Å²) in [4.78, 5) is 12.5. The molecule has 4 rings (SSSR count). The van der Waals surface area contributed by atoms with Gasteiger partial charge in [0.1, 0.15) is 11.5 Å². The molecule has 0 saturated heterocycles. The average molecular weight is 400 g/mol. The Kier molecular flexibility index (Phi) is 4.57. The number of rotatable bonds is 4. The molecule has 0 aliphatic rings. The van der Waals surface area contributed by atoms with E-state index in [1.165, 1.54) is 24.3 Å². The summed E-state index contributed by atoms with van der Waals surface area (Å²) in [5, 5.41) is 11.4. The maximum atomic E-state index is 13.4. The SMILES string of the molecule is Cc1cc(NC(=O)Cc2noc3ccccc23)n(-c2ccccc2C(F)(F)F)n1. The molecule has 9 heteroatoms. The fourth-order valence-electron chi connectivity index (χ4n) is 3.07. The van der Waals surface area contributed by atoms with Gasteiger partial charge in [0.25, 0.3) is 0 Å². The quantitative estimate of drug-likeness (QED) is 0.547. The van der Waals surface area contributed by atoms with Gasteiger partial charge in [0, 0.05) is 11.5 Å². The summed E-state index contributed by atoms with van der Waals surface area (Å²) < 4.78 is 46.4. The Bertz CT molecular complexity index is 1190. The standard InChI is InChI=1S/C20H15F3N4O2/c1-12-10-18(27(25-12)16-8-4-3-7-14(16)20(21,22)23)24-19(28)11-15-13-6-2-5-9-17(13)29-26-15/h2-10H,11H2,1H3,(H,24,28). The smallest absolute Gasteiger partial charge is 0.356 e. The molecule has 0 fully saturated rings. The van der Waals surface area contributed by atoms with Crippen molar-refractivity contribution in [3.05, 3.63) is 71.5 Å². The van der Waals surface area contributed by atoms with Crippen LogP contribution in [0.3, 0.4) is 0 Å². The minimum Gasteiger partial charge on any atom is -0.356 e. The Hall–Kier alpha value is -3.62. The lowest BCUT2D eigenvalue weighted by molar-refractivity contribution is -0.137. The first-order chi connectivity index (χ1) is 13.8. The number of benzene rings is 2. The largest absolute Gasteiger partial charge is 0.418 e. The molecule has 0 bridgehead atoms. The van der Waals surface area contributed by atoms with Gasteiger partial charge in [0.05, 0.1) is 23.4 Å². The Balaban J connectivity index is 1.64. The van der Waals surface area contributed by atoms with Gasteiger partial charge in [0.2, 0.25) is 5.91 Å². The van der Waals surface area contributed by atoms with E-state index in [1.54, 1.807) is 31.2 Å². The second kappa shape index (κ2) is 7.08. The summed E-state index contributed by atoms with van der Waals surface area (Å²) in [7, 11) is 0. The van der Waals surface area contributed by atoms with Gasteiger partial charge in [-0.05, 0) is 31.2 Å². The Labute approximate surface area is 162 Å². The highest BCUT2D eigenvalue weighted by Gasteiger charge is 2.34. The van der Waals surface area contributed by atoms with E-state index in [1.807, 2.05) is 0 Å². The van der Waals surface area contributed by atoms with Crippen LogP contribution in [-0.2, 0) is 17.4 Å². The number of para-hydroxylation sites is 2. The number of aryl methyl sites for hydroxylation is 1. The molecule has 0 unspecified atom stereocenters. The summed E-state index contributed by atoms with van der Waals surface area (Å²) in [5.41, 5.74) is 0.437. The number of hydrogen-bond acceptors (Lipinski definition) is 4. The van der Waals surface area contributed by atoms with Crippen LogP contribution >= 0.6 is 0 Å². The van der Waals surface area contributed by atoms with Crippen molar-refractivity contribution in [2.75, 3.05) is 5.32 Å². The number of nitrogens with one attached hydrogen (secondary N) is 1. The third-order valence-corrected chi connectivity index (χ3v) is 4.32. The van der Waals surface area contributed by atoms with Crippen molar-refractivity contribution < 1.29 is 22.5 Å².